The highest BCUT2D eigenvalue weighted by molar-refractivity contribution is 6.76. The van der Waals surface area contributed by atoms with E-state index in [0.29, 0.717) is 55.7 Å². The molecule has 4 rings (SSSR count). The van der Waals surface area contributed by atoms with Crippen molar-refractivity contribution in [3.63, 3.8) is 0 Å². The minimum atomic E-state index is -1.23. The predicted octanol–water partition coefficient (Wildman–Crippen LogP) is 6.10. The molecule has 2 aromatic heterocycles. The number of nitrogens with zero attached hydrogens (tertiary/aromatic N) is 3. The molecule has 7 nitrogen and oxygen atoms in total. The average Bonchev–Trinajstić information content (AvgIpc) is 3.19. The van der Waals surface area contributed by atoms with Crippen LogP contribution in [0, 0.1) is 17.6 Å². The summed E-state index contributed by atoms with van der Waals surface area (Å²) in [5.74, 6) is -0.951. The molecule has 3 aromatic rings. The third-order valence-corrected chi connectivity index (χ3v) is 8.33. The van der Waals surface area contributed by atoms with Gasteiger partial charge in [0, 0.05) is 69.4 Å². The molecule has 0 radical (unpaired) electrons. The summed E-state index contributed by atoms with van der Waals surface area (Å²) in [7, 11) is -1.23. The van der Waals surface area contributed by atoms with Crippen LogP contribution in [-0.4, -0.2) is 60.0 Å². The average molecular weight is 517 g/mol. The van der Waals surface area contributed by atoms with Gasteiger partial charge in [-0.05, 0) is 48.6 Å². The number of ether oxygens (including phenoxy) is 1. The molecule has 0 unspecified atom stereocenters. The van der Waals surface area contributed by atoms with Gasteiger partial charge in [-0.2, -0.15) is 0 Å². The van der Waals surface area contributed by atoms with Crippen molar-refractivity contribution in [3.8, 4) is 11.1 Å². The molecular formula is C26H34F2N4O3Si. The van der Waals surface area contributed by atoms with Gasteiger partial charge in [0.25, 0.3) is 0 Å². The minimum Gasteiger partial charge on any atom is -0.465 e. The number of aromatic nitrogens is 2. The van der Waals surface area contributed by atoms with Gasteiger partial charge in [0.1, 0.15) is 24.0 Å². The highest BCUT2D eigenvalue weighted by Gasteiger charge is 2.23. The molecule has 1 aromatic carbocycles. The lowest BCUT2D eigenvalue weighted by Crippen LogP contribution is -2.39. The number of anilines is 1. The summed E-state index contributed by atoms with van der Waals surface area (Å²) in [6.07, 6.45) is 4.24. The monoisotopic (exact) mass is 516 g/mol. The summed E-state index contributed by atoms with van der Waals surface area (Å²) in [5.41, 5.74) is 2.60. The summed E-state index contributed by atoms with van der Waals surface area (Å²) in [6.45, 7) is 9.53. The summed E-state index contributed by atoms with van der Waals surface area (Å²) >= 11 is 0. The van der Waals surface area contributed by atoms with Crippen molar-refractivity contribution >= 4 is 30.9 Å². The SMILES string of the molecule is C[Si](C)(C)CCOCn1cc(-c2cc(F)cc(F)c2)c2c(NCC3CCN(C(=O)O)CC3)ccnc21. The standard InChI is InChI=1S/C26H34F2N4O3Si/c1-36(2,3)11-10-35-17-32-16-22(19-12-20(27)14-21(28)13-19)24-23(4-7-29-25(24)32)30-15-18-5-8-31(9-6-18)26(33)34/h4,7,12-14,16,18H,5-6,8-11,15,17H2,1-3H3,(H,29,30)(H,33,34). The van der Waals surface area contributed by atoms with Gasteiger partial charge >= 0.3 is 6.09 Å². The van der Waals surface area contributed by atoms with Gasteiger partial charge in [0.2, 0.25) is 0 Å². The van der Waals surface area contributed by atoms with Crippen molar-refractivity contribution in [2.45, 2.75) is 45.3 Å². The maximum atomic E-state index is 14.1. The van der Waals surface area contributed by atoms with Crippen LogP contribution >= 0.6 is 0 Å². The number of amides is 1. The second-order valence-corrected chi connectivity index (χ2v) is 16.3. The van der Waals surface area contributed by atoms with E-state index >= 15 is 0 Å². The number of hydrogen-bond donors (Lipinski definition) is 2. The van der Waals surface area contributed by atoms with E-state index in [1.165, 1.54) is 17.0 Å². The number of carbonyl (C=O) groups is 1. The summed E-state index contributed by atoms with van der Waals surface area (Å²) in [6, 6.07) is 6.42. The maximum Gasteiger partial charge on any atom is 0.407 e. The van der Waals surface area contributed by atoms with E-state index in [1.807, 2.05) is 16.8 Å². The highest BCUT2D eigenvalue weighted by atomic mass is 28.3. The van der Waals surface area contributed by atoms with Gasteiger partial charge in [-0.1, -0.05) is 19.6 Å². The molecule has 0 aliphatic carbocycles. The highest BCUT2D eigenvalue weighted by Crippen LogP contribution is 2.36. The van der Waals surface area contributed by atoms with Crippen LogP contribution in [0.2, 0.25) is 25.7 Å². The van der Waals surface area contributed by atoms with Crippen LogP contribution in [0.15, 0.2) is 36.7 Å². The molecule has 3 heterocycles. The van der Waals surface area contributed by atoms with E-state index < -0.39 is 25.8 Å². The molecule has 36 heavy (non-hydrogen) atoms. The molecule has 10 heteroatoms. The zero-order chi connectivity index (χ0) is 25.9. The Labute approximate surface area is 211 Å². The molecule has 0 atom stereocenters. The number of benzene rings is 1. The number of halogens is 2. The van der Waals surface area contributed by atoms with E-state index in [0.717, 1.165) is 36.0 Å². The number of likely N-dealkylation sites (tertiary alicyclic amines) is 1. The molecule has 1 amide bonds. The Hall–Kier alpha value is -2.98. The van der Waals surface area contributed by atoms with Crippen molar-refractivity contribution in [2.24, 2.45) is 5.92 Å². The second kappa shape index (κ2) is 11.0. The van der Waals surface area contributed by atoms with Crippen LogP contribution in [0.1, 0.15) is 12.8 Å². The van der Waals surface area contributed by atoms with Gasteiger partial charge in [-0.3, -0.25) is 0 Å². The molecule has 0 saturated carbocycles. The number of hydrogen-bond acceptors (Lipinski definition) is 4. The number of carboxylic acid groups (broad SMARTS) is 1. The zero-order valence-corrected chi connectivity index (χ0v) is 22.1. The van der Waals surface area contributed by atoms with Crippen LogP contribution < -0.4 is 5.32 Å². The van der Waals surface area contributed by atoms with Gasteiger partial charge < -0.3 is 24.6 Å². The van der Waals surface area contributed by atoms with Gasteiger partial charge in [0.05, 0.1) is 0 Å². The van der Waals surface area contributed by atoms with Crippen molar-refractivity contribution in [3.05, 3.63) is 48.3 Å². The first-order valence-corrected chi connectivity index (χ1v) is 16.1. The lowest BCUT2D eigenvalue weighted by atomic mass is 9.96. The first-order valence-electron chi connectivity index (χ1n) is 12.3. The molecule has 1 fully saturated rings. The van der Waals surface area contributed by atoms with E-state index in [9.17, 15) is 18.7 Å². The van der Waals surface area contributed by atoms with Crippen molar-refractivity contribution in [2.75, 3.05) is 31.6 Å². The normalized spacial score (nSPS) is 15.0. The number of nitrogens with one attached hydrogen (secondary N) is 1. The molecule has 1 saturated heterocycles. The van der Waals surface area contributed by atoms with Crippen LogP contribution in [-0.2, 0) is 11.5 Å². The lowest BCUT2D eigenvalue weighted by molar-refractivity contribution is 0.0899. The molecule has 1 aliphatic heterocycles. The molecule has 0 spiro atoms. The topological polar surface area (TPSA) is 79.6 Å². The van der Waals surface area contributed by atoms with E-state index in [2.05, 4.69) is 29.9 Å². The lowest BCUT2D eigenvalue weighted by Gasteiger charge is -2.30. The summed E-state index contributed by atoms with van der Waals surface area (Å²) in [5, 5.41) is 13.5. The first kappa shape index (κ1) is 26.1. The van der Waals surface area contributed by atoms with E-state index in [1.54, 1.807) is 6.20 Å². The molecule has 0 bridgehead atoms. The number of piperidine rings is 1. The van der Waals surface area contributed by atoms with Gasteiger partial charge in [0.15, 0.2) is 0 Å². The fourth-order valence-electron chi connectivity index (χ4n) is 4.51. The third kappa shape index (κ3) is 6.41. The third-order valence-electron chi connectivity index (χ3n) is 6.62. The maximum absolute atomic E-state index is 14.1. The van der Waals surface area contributed by atoms with Crippen LogP contribution in [0.4, 0.5) is 19.3 Å². The molecule has 1 aliphatic rings. The Bertz CT molecular complexity index is 1200. The van der Waals surface area contributed by atoms with Gasteiger partial charge in [-0.15, -0.1) is 0 Å². The summed E-state index contributed by atoms with van der Waals surface area (Å²) < 4.78 is 36.1. The largest absolute Gasteiger partial charge is 0.465 e. The summed E-state index contributed by atoms with van der Waals surface area (Å²) in [4.78, 5) is 17.2. The fourth-order valence-corrected chi connectivity index (χ4v) is 5.27. The zero-order valence-electron chi connectivity index (χ0n) is 21.1. The fraction of sp³-hybridized carbons (Fsp3) is 0.462. The molecular weight excluding hydrogens is 482 g/mol. The Kier molecular flexibility index (Phi) is 7.94. The number of fused-ring (bicyclic) bond motifs is 1. The van der Waals surface area contributed by atoms with Gasteiger partial charge in [-0.25, -0.2) is 18.6 Å². The Morgan fingerprint density at radius 1 is 1.19 bits per heavy atom. The first-order chi connectivity index (χ1) is 17.1. The second-order valence-electron chi connectivity index (χ2n) is 10.7. The van der Waals surface area contributed by atoms with E-state index in [-0.39, 0.29) is 0 Å². The smallest absolute Gasteiger partial charge is 0.407 e. The van der Waals surface area contributed by atoms with Crippen molar-refractivity contribution in [1.82, 2.24) is 14.5 Å². The Morgan fingerprint density at radius 3 is 2.53 bits per heavy atom. The Morgan fingerprint density at radius 2 is 1.89 bits per heavy atom. The number of rotatable bonds is 9. The van der Waals surface area contributed by atoms with Crippen molar-refractivity contribution in [1.29, 1.82) is 0 Å². The van der Waals surface area contributed by atoms with Crippen molar-refractivity contribution < 1.29 is 23.4 Å². The molecule has 2 N–H and O–H groups in total. The Balaban J connectivity index is 1.61. The molecule has 194 valence electrons. The number of pyridine rings is 1. The predicted molar refractivity (Wildman–Crippen MR) is 140 cm³/mol. The van der Waals surface area contributed by atoms with Crippen LogP contribution in [0.25, 0.3) is 22.2 Å². The van der Waals surface area contributed by atoms with Crippen LogP contribution in [0.3, 0.4) is 0 Å². The van der Waals surface area contributed by atoms with Crippen LogP contribution in [0.5, 0.6) is 0 Å². The quantitative estimate of drug-likeness (QED) is 0.266. The van der Waals surface area contributed by atoms with E-state index in [4.69, 9.17) is 4.74 Å². The minimum absolute atomic E-state index is 0.295.